The number of rotatable bonds is 7. The molecule has 0 aliphatic rings. The number of ether oxygens (including phenoxy) is 1. The summed E-state index contributed by atoms with van der Waals surface area (Å²) in [4.78, 5) is 18.2. The van der Waals surface area contributed by atoms with Crippen molar-refractivity contribution in [2.24, 2.45) is 0 Å². The van der Waals surface area contributed by atoms with E-state index in [4.69, 9.17) is 4.74 Å². The van der Waals surface area contributed by atoms with Crippen LogP contribution < -0.4 is 10.1 Å². The molecule has 5 heteroatoms. The summed E-state index contributed by atoms with van der Waals surface area (Å²) in [6, 6.07) is 17.8. The Kier molecular flexibility index (Phi) is 6.24. The van der Waals surface area contributed by atoms with Gasteiger partial charge in [0.15, 0.2) is 0 Å². The van der Waals surface area contributed by atoms with Crippen molar-refractivity contribution in [3.63, 3.8) is 0 Å². The van der Waals surface area contributed by atoms with E-state index in [0.29, 0.717) is 4.88 Å². The Balaban J connectivity index is 1.80. The monoisotopic (exact) mass is 380 g/mol. The molecule has 0 radical (unpaired) electrons. The Bertz CT molecular complexity index is 888. The Morgan fingerprint density at radius 3 is 2.48 bits per heavy atom. The summed E-state index contributed by atoms with van der Waals surface area (Å²) < 4.78 is 5.20. The van der Waals surface area contributed by atoms with Crippen molar-refractivity contribution in [2.45, 2.75) is 32.7 Å². The Morgan fingerprint density at radius 1 is 1.15 bits per heavy atom. The largest absolute Gasteiger partial charge is 0.497 e. The van der Waals surface area contributed by atoms with E-state index in [-0.39, 0.29) is 11.9 Å². The zero-order valence-electron chi connectivity index (χ0n) is 15.9. The molecule has 1 unspecified atom stereocenters. The fourth-order valence-electron chi connectivity index (χ4n) is 2.98. The van der Waals surface area contributed by atoms with E-state index in [9.17, 15) is 4.79 Å². The number of aryl methyl sites for hydroxylation is 1. The maximum atomic E-state index is 12.9. The molecule has 0 aliphatic carbocycles. The molecule has 27 heavy (non-hydrogen) atoms. The van der Waals surface area contributed by atoms with Gasteiger partial charge in [0.1, 0.15) is 15.6 Å². The number of nitrogens with one attached hydrogen (secondary N) is 1. The molecular weight excluding hydrogens is 356 g/mol. The van der Waals surface area contributed by atoms with Crippen molar-refractivity contribution < 1.29 is 9.53 Å². The summed E-state index contributed by atoms with van der Waals surface area (Å²) in [5, 5.41) is 4.03. The van der Waals surface area contributed by atoms with Crippen LogP contribution in [0.1, 0.15) is 46.7 Å². The van der Waals surface area contributed by atoms with Crippen molar-refractivity contribution in [3.05, 3.63) is 70.7 Å². The molecular formula is C22H24N2O2S. The highest BCUT2D eigenvalue weighted by atomic mass is 32.1. The first-order valence-electron chi connectivity index (χ1n) is 9.10. The van der Waals surface area contributed by atoms with E-state index in [0.717, 1.165) is 40.4 Å². The molecule has 0 saturated carbocycles. The lowest BCUT2D eigenvalue weighted by molar-refractivity contribution is 0.0938. The van der Waals surface area contributed by atoms with Crippen LogP contribution in [0.25, 0.3) is 10.6 Å². The van der Waals surface area contributed by atoms with E-state index in [2.05, 4.69) is 29.4 Å². The van der Waals surface area contributed by atoms with Crippen molar-refractivity contribution in [1.29, 1.82) is 0 Å². The van der Waals surface area contributed by atoms with Gasteiger partial charge in [-0.15, -0.1) is 11.3 Å². The SMILES string of the molecule is CCCC(NC(=O)c1sc(-c2ccc(OC)cc2)nc1C)c1ccccc1. The second-order valence-electron chi connectivity index (χ2n) is 6.39. The van der Waals surface area contributed by atoms with Gasteiger partial charge in [-0.3, -0.25) is 4.79 Å². The zero-order chi connectivity index (χ0) is 19.2. The predicted octanol–water partition coefficient (Wildman–Crippen LogP) is 5.40. The summed E-state index contributed by atoms with van der Waals surface area (Å²) in [6.45, 7) is 4.01. The molecule has 1 N–H and O–H groups in total. The van der Waals surface area contributed by atoms with Gasteiger partial charge >= 0.3 is 0 Å². The van der Waals surface area contributed by atoms with Gasteiger partial charge in [0.2, 0.25) is 0 Å². The van der Waals surface area contributed by atoms with Crippen LogP contribution in [0.2, 0.25) is 0 Å². The molecule has 0 saturated heterocycles. The number of aromatic nitrogens is 1. The summed E-state index contributed by atoms with van der Waals surface area (Å²) in [5.41, 5.74) is 2.87. The molecule has 0 fully saturated rings. The van der Waals surface area contributed by atoms with Gasteiger partial charge in [-0.05, 0) is 43.2 Å². The molecule has 1 atom stereocenters. The molecule has 3 aromatic rings. The molecule has 1 heterocycles. The molecule has 0 spiro atoms. The normalized spacial score (nSPS) is 11.8. The number of nitrogens with zero attached hydrogens (tertiary/aromatic N) is 1. The fourth-order valence-corrected chi connectivity index (χ4v) is 3.96. The van der Waals surface area contributed by atoms with Crippen molar-refractivity contribution >= 4 is 17.2 Å². The van der Waals surface area contributed by atoms with E-state index < -0.39 is 0 Å². The average molecular weight is 381 g/mol. The number of carbonyl (C=O) groups excluding carboxylic acids is 1. The first kappa shape index (κ1) is 19.1. The number of hydrogen-bond donors (Lipinski definition) is 1. The average Bonchev–Trinajstić information content (AvgIpc) is 3.10. The van der Waals surface area contributed by atoms with E-state index in [1.807, 2.05) is 49.4 Å². The summed E-state index contributed by atoms with van der Waals surface area (Å²) >= 11 is 1.43. The third-order valence-corrected chi connectivity index (χ3v) is 5.63. The number of carbonyl (C=O) groups is 1. The highest BCUT2D eigenvalue weighted by Gasteiger charge is 2.20. The van der Waals surface area contributed by atoms with Crippen molar-refractivity contribution in [1.82, 2.24) is 10.3 Å². The van der Waals surface area contributed by atoms with Crippen molar-refractivity contribution in [2.75, 3.05) is 7.11 Å². The molecule has 0 bridgehead atoms. The van der Waals surface area contributed by atoms with Gasteiger partial charge in [0.05, 0.1) is 18.8 Å². The van der Waals surface area contributed by atoms with Crippen molar-refractivity contribution in [3.8, 4) is 16.3 Å². The van der Waals surface area contributed by atoms with Gasteiger partial charge in [-0.2, -0.15) is 0 Å². The van der Waals surface area contributed by atoms with E-state index in [1.54, 1.807) is 7.11 Å². The summed E-state index contributed by atoms with van der Waals surface area (Å²) in [6.07, 6.45) is 1.90. The summed E-state index contributed by atoms with van der Waals surface area (Å²) in [5.74, 6) is 0.738. The third kappa shape index (κ3) is 4.55. The second-order valence-corrected chi connectivity index (χ2v) is 7.39. The zero-order valence-corrected chi connectivity index (χ0v) is 16.7. The third-order valence-electron chi connectivity index (χ3n) is 4.42. The highest BCUT2D eigenvalue weighted by Crippen LogP contribution is 2.30. The van der Waals surface area contributed by atoms with Gasteiger partial charge in [-0.25, -0.2) is 4.98 Å². The number of benzene rings is 2. The lowest BCUT2D eigenvalue weighted by atomic mass is 10.0. The van der Waals surface area contributed by atoms with Crippen LogP contribution in [-0.4, -0.2) is 18.0 Å². The van der Waals surface area contributed by atoms with Gasteiger partial charge in [0.25, 0.3) is 5.91 Å². The Morgan fingerprint density at radius 2 is 1.85 bits per heavy atom. The van der Waals surface area contributed by atoms with Gasteiger partial charge in [-0.1, -0.05) is 43.7 Å². The maximum Gasteiger partial charge on any atom is 0.263 e. The van der Waals surface area contributed by atoms with Crippen LogP contribution in [-0.2, 0) is 0 Å². The lowest BCUT2D eigenvalue weighted by Gasteiger charge is -2.18. The molecule has 140 valence electrons. The molecule has 4 nitrogen and oxygen atoms in total. The smallest absolute Gasteiger partial charge is 0.263 e. The number of hydrogen-bond acceptors (Lipinski definition) is 4. The minimum atomic E-state index is -0.0629. The highest BCUT2D eigenvalue weighted by molar-refractivity contribution is 7.17. The first-order valence-corrected chi connectivity index (χ1v) is 9.91. The molecule has 0 aliphatic heterocycles. The minimum Gasteiger partial charge on any atom is -0.497 e. The fraction of sp³-hybridized carbons (Fsp3) is 0.273. The standard InChI is InChI=1S/C22H24N2O2S/c1-4-8-19(16-9-6-5-7-10-16)24-21(25)20-15(2)23-22(27-20)17-11-13-18(26-3)14-12-17/h5-7,9-14,19H,4,8H2,1-3H3,(H,24,25). The number of thiazole rings is 1. The first-order chi connectivity index (χ1) is 13.1. The van der Waals surface area contributed by atoms with Gasteiger partial charge in [0, 0.05) is 5.56 Å². The second kappa shape index (κ2) is 8.82. The van der Waals surface area contributed by atoms with E-state index >= 15 is 0 Å². The molecule has 3 rings (SSSR count). The van der Waals surface area contributed by atoms with E-state index in [1.165, 1.54) is 11.3 Å². The maximum absolute atomic E-state index is 12.9. The topological polar surface area (TPSA) is 51.2 Å². The summed E-state index contributed by atoms with van der Waals surface area (Å²) in [7, 11) is 1.64. The molecule has 1 amide bonds. The van der Waals surface area contributed by atoms with Crippen LogP contribution in [0.4, 0.5) is 0 Å². The van der Waals surface area contributed by atoms with Crippen LogP contribution in [0, 0.1) is 6.92 Å². The van der Waals surface area contributed by atoms with Crippen LogP contribution >= 0.6 is 11.3 Å². The Hall–Kier alpha value is -2.66. The molecule has 1 aromatic heterocycles. The van der Waals surface area contributed by atoms with Gasteiger partial charge < -0.3 is 10.1 Å². The lowest BCUT2D eigenvalue weighted by Crippen LogP contribution is -2.28. The number of amides is 1. The predicted molar refractivity (Wildman–Crippen MR) is 110 cm³/mol. The minimum absolute atomic E-state index is 0.00892. The quantitative estimate of drug-likeness (QED) is 0.597. The van der Waals surface area contributed by atoms with Crippen LogP contribution in [0.15, 0.2) is 54.6 Å². The number of methoxy groups -OCH3 is 1. The Labute approximate surface area is 164 Å². The molecule has 2 aromatic carbocycles. The van der Waals surface area contributed by atoms with Crippen LogP contribution in [0.3, 0.4) is 0 Å². The van der Waals surface area contributed by atoms with Crippen LogP contribution in [0.5, 0.6) is 5.75 Å².